The molecule has 9 heteroatoms. The molecule has 33 heavy (non-hydrogen) atoms. The minimum Gasteiger partial charge on any atom is -0.485 e. The number of hydrogen-bond acceptors (Lipinski definition) is 5. The number of aliphatic carboxylic acids is 1. The van der Waals surface area contributed by atoms with Gasteiger partial charge >= 0.3 is 12.1 Å². The molecule has 0 amide bonds. The van der Waals surface area contributed by atoms with Gasteiger partial charge in [-0.15, -0.1) is 0 Å². The number of carboxylic acid groups (broad SMARTS) is 1. The van der Waals surface area contributed by atoms with E-state index in [2.05, 4.69) is 5.32 Å². The third kappa shape index (κ3) is 5.58. The molecule has 2 aromatic carbocycles. The van der Waals surface area contributed by atoms with Gasteiger partial charge in [0.05, 0.1) is 5.56 Å². The standard InChI is InChI=1S/C24H26F3NO4S/c1-14(2)23(17-5-7-18(8-6-17)24(25,26)27)28-12-21(33-23)16(4)32-19-9-10-20(15(3)11-19)31-13-22(29)30/h5-12,14,16,28H,13H2,1-4H3,(H,29,30). The molecule has 0 aliphatic carbocycles. The Bertz CT molecular complexity index is 1040. The minimum absolute atomic E-state index is 0.0769. The molecule has 1 heterocycles. The van der Waals surface area contributed by atoms with Gasteiger partial charge in [-0.3, -0.25) is 0 Å². The van der Waals surface area contributed by atoms with Gasteiger partial charge in [0.2, 0.25) is 0 Å². The van der Waals surface area contributed by atoms with E-state index in [-0.39, 0.29) is 12.0 Å². The predicted molar refractivity (Wildman–Crippen MR) is 121 cm³/mol. The lowest BCUT2D eigenvalue weighted by Gasteiger charge is -2.35. The highest BCUT2D eigenvalue weighted by Crippen LogP contribution is 2.49. The number of carboxylic acids is 1. The lowest BCUT2D eigenvalue weighted by atomic mass is 9.94. The van der Waals surface area contributed by atoms with E-state index >= 15 is 0 Å². The third-order valence-electron chi connectivity index (χ3n) is 5.37. The molecule has 5 nitrogen and oxygen atoms in total. The van der Waals surface area contributed by atoms with E-state index in [0.717, 1.165) is 28.2 Å². The number of hydrogen-bond donors (Lipinski definition) is 2. The van der Waals surface area contributed by atoms with Crippen LogP contribution in [0.5, 0.6) is 11.5 Å². The molecule has 0 saturated heterocycles. The zero-order valence-corrected chi connectivity index (χ0v) is 19.5. The fourth-order valence-electron chi connectivity index (χ4n) is 3.55. The van der Waals surface area contributed by atoms with Gasteiger partial charge in [-0.1, -0.05) is 37.7 Å². The van der Waals surface area contributed by atoms with Gasteiger partial charge < -0.3 is 19.9 Å². The summed E-state index contributed by atoms with van der Waals surface area (Å²) >= 11 is 1.53. The topological polar surface area (TPSA) is 67.8 Å². The molecular weight excluding hydrogens is 455 g/mol. The monoisotopic (exact) mass is 481 g/mol. The Balaban J connectivity index is 1.72. The van der Waals surface area contributed by atoms with Crippen molar-refractivity contribution in [1.82, 2.24) is 5.32 Å². The number of ether oxygens (including phenoxy) is 2. The summed E-state index contributed by atoms with van der Waals surface area (Å²) in [6.45, 7) is 7.30. The first-order valence-electron chi connectivity index (χ1n) is 10.4. The maximum Gasteiger partial charge on any atom is 0.416 e. The quantitative estimate of drug-likeness (QED) is 0.487. The maximum absolute atomic E-state index is 13.0. The van der Waals surface area contributed by atoms with Gasteiger partial charge in [0.15, 0.2) is 6.61 Å². The van der Waals surface area contributed by atoms with Crippen molar-refractivity contribution in [2.45, 2.75) is 44.8 Å². The van der Waals surface area contributed by atoms with Crippen molar-refractivity contribution in [3.05, 3.63) is 70.3 Å². The van der Waals surface area contributed by atoms with E-state index in [4.69, 9.17) is 14.6 Å². The van der Waals surface area contributed by atoms with Crippen LogP contribution < -0.4 is 14.8 Å². The average molecular weight is 482 g/mol. The fraction of sp³-hybridized carbons (Fsp3) is 0.375. The van der Waals surface area contributed by atoms with Crippen LogP contribution in [0, 0.1) is 12.8 Å². The van der Waals surface area contributed by atoms with Gasteiger partial charge in [0.25, 0.3) is 0 Å². The minimum atomic E-state index is -4.38. The molecule has 0 fully saturated rings. The van der Waals surface area contributed by atoms with Crippen molar-refractivity contribution in [3.8, 4) is 11.5 Å². The van der Waals surface area contributed by atoms with Gasteiger partial charge in [-0.25, -0.2) is 4.79 Å². The third-order valence-corrected chi connectivity index (χ3v) is 7.21. The molecule has 0 saturated carbocycles. The van der Waals surface area contributed by atoms with E-state index in [1.165, 1.54) is 23.9 Å². The molecule has 2 unspecified atom stereocenters. The number of aryl methyl sites for hydroxylation is 1. The number of halogens is 3. The Morgan fingerprint density at radius 2 is 1.82 bits per heavy atom. The molecule has 3 rings (SSSR count). The molecular formula is C24H26F3NO4S. The van der Waals surface area contributed by atoms with Crippen LogP contribution in [0.4, 0.5) is 13.2 Å². The van der Waals surface area contributed by atoms with Crippen LogP contribution in [0.3, 0.4) is 0 Å². The Morgan fingerprint density at radius 3 is 2.36 bits per heavy atom. The van der Waals surface area contributed by atoms with Crippen molar-refractivity contribution < 1.29 is 32.5 Å². The molecule has 0 aromatic heterocycles. The summed E-state index contributed by atoms with van der Waals surface area (Å²) in [6.07, 6.45) is -2.84. The normalized spacial score (nSPS) is 19.1. The van der Waals surface area contributed by atoms with Gasteiger partial charge in [0, 0.05) is 11.1 Å². The zero-order valence-electron chi connectivity index (χ0n) is 18.7. The van der Waals surface area contributed by atoms with Crippen molar-refractivity contribution >= 4 is 17.7 Å². The molecule has 1 aliphatic heterocycles. The van der Waals surface area contributed by atoms with Crippen molar-refractivity contribution in [2.24, 2.45) is 5.92 Å². The summed E-state index contributed by atoms with van der Waals surface area (Å²) in [7, 11) is 0. The molecule has 2 aromatic rings. The summed E-state index contributed by atoms with van der Waals surface area (Å²) < 4.78 is 50.2. The van der Waals surface area contributed by atoms with Crippen LogP contribution in [0.2, 0.25) is 0 Å². The highest BCUT2D eigenvalue weighted by atomic mass is 32.2. The first-order valence-corrected chi connectivity index (χ1v) is 11.2. The van der Waals surface area contributed by atoms with E-state index in [1.54, 1.807) is 25.1 Å². The van der Waals surface area contributed by atoms with Crippen LogP contribution in [-0.2, 0) is 15.8 Å². The van der Waals surface area contributed by atoms with Gasteiger partial charge in [-0.05, 0) is 61.2 Å². The molecule has 1 aliphatic rings. The van der Waals surface area contributed by atoms with E-state index in [0.29, 0.717) is 11.5 Å². The number of thioether (sulfide) groups is 1. The second-order valence-electron chi connectivity index (χ2n) is 8.13. The summed E-state index contributed by atoms with van der Waals surface area (Å²) in [5, 5.41) is 12.1. The van der Waals surface area contributed by atoms with E-state index in [1.807, 2.05) is 27.0 Å². The van der Waals surface area contributed by atoms with Gasteiger partial charge in [0.1, 0.15) is 22.5 Å². The predicted octanol–water partition coefficient (Wildman–Crippen LogP) is 5.93. The molecule has 0 bridgehead atoms. The SMILES string of the molecule is Cc1cc(OC(C)C2=CNC(c3ccc(C(F)(F)F)cc3)(C(C)C)S2)ccc1OCC(=O)O. The zero-order chi connectivity index (χ0) is 24.4. The van der Waals surface area contributed by atoms with Crippen molar-refractivity contribution in [2.75, 3.05) is 6.61 Å². The first-order chi connectivity index (χ1) is 15.4. The van der Waals surface area contributed by atoms with Crippen LogP contribution in [-0.4, -0.2) is 23.8 Å². The second kappa shape index (κ2) is 9.59. The Kier molecular flexibility index (Phi) is 7.21. The number of nitrogens with one attached hydrogen (secondary N) is 1. The van der Waals surface area contributed by atoms with Crippen LogP contribution in [0.25, 0.3) is 0 Å². The molecule has 0 radical (unpaired) electrons. The number of benzene rings is 2. The molecule has 178 valence electrons. The Hall–Kier alpha value is -2.81. The van der Waals surface area contributed by atoms with E-state index < -0.39 is 29.2 Å². The molecule has 2 atom stereocenters. The van der Waals surface area contributed by atoms with Crippen molar-refractivity contribution in [3.63, 3.8) is 0 Å². The Labute approximate surface area is 195 Å². The summed E-state index contributed by atoms with van der Waals surface area (Å²) in [5.41, 5.74) is 0.822. The molecule has 0 spiro atoms. The first kappa shape index (κ1) is 24.8. The highest BCUT2D eigenvalue weighted by Gasteiger charge is 2.42. The maximum atomic E-state index is 13.0. The number of alkyl halides is 3. The highest BCUT2D eigenvalue weighted by molar-refractivity contribution is 8.04. The smallest absolute Gasteiger partial charge is 0.416 e. The summed E-state index contributed by atoms with van der Waals surface area (Å²) in [5.74, 6) is 0.0891. The summed E-state index contributed by atoms with van der Waals surface area (Å²) in [4.78, 5) is 11.0. The largest absolute Gasteiger partial charge is 0.485 e. The lowest BCUT2D eigenvalue weighted by molar-refractivity contribution is -0.139. The fourth-order valence-corrected chi connectivity index (χ4v) is 4.86. The summed E-state index contributed by atoms with van der Waals surface area (Å²) in [6, 6.07) is 10.4. The Morgan fingerprint density at radius 1 is 1.15 bits per heavy atom. The van der Waals surface area contributed by atoms with Crippen LogP contribution in [0.1, 0.15) is 37.5 Å². The lowest BCUT2D eigenvalue weighted by Crippen LogP contribution is -2.38. The van der Waals surface area contributed by atoms with Crippen molar-refractivity contribution in [1.29, 1.82) is 0 Å². The number of rotatable bonds is 8. The van der Waals surface area contributed by atoms with Gasteiger partial charge in [-0.2, -0.15) is 13.2 Å². The van der Waals surface area contributed by atoms with E-state index in [9.17, 15) is 18.0 Å². The average Bonchev–Trinajstić information content (AvgIpc) is 3.20. The second-order valence-corrected chi connectivity index (χ2v) is 9.45. The number of carbonyl (C=O) groups is 1. The van der Waals surface area contributed by atoms with Crippen LogP contribution >= 0.6 is 11.8 Å². The molecule has 2 N–H and O–H groups in total. The van der Waals surface area contributed by atoms with Crippen LogP contribution in [0.15, 0.2) is 53.6 Å².